The molecule has 1 aliphatic rings. The van der Waals surface area contributed by atoms with Gasteiger partial charge in [-0.05, 0) is 24.6 Å². The Morgan fingerprint density at radius 2 is 1.97 bits per heavy atom. The fraction of sp³-hybridized carbons (Fsp3) is 0.190. The van der Waals surface area contributed by atoms with E-state index in [1.807, 2.05) is 31.2 Å². The molecule has 10 heteroatoms. The predicted molar refractivity (Wildman–Crippen MR) is 106 cm³/mol. The molecule has 1 aromatic heterocycles. The van der Waals surface area contributed by atoms with Crippen LogP contribution in [-0.2, 0) is 9.59 Å². The number of carbonyl (C=O) groups excluding carboxylic acids is 2. The van der Waals surface area contributed by atoms with Crippen LogP contribution < -0.4 is 15.4 Å². The van der Waals surface area contributed by atoms with Gasteiger partial charge in [-0.15, -0.1) is 13.2 Å². The lowest BCUT2D eigenvalue weighted by atomic mass is 10.1. The van der Waals surface area contributed by atoms with Crippen molar-refractivity contribution in [3.8, 4) is 16.9 Å². The topological polar surface area (TPSA) is 85.2 Å². The van der Waals surface area contributed by atoms with Gasteiger partial charge in [0.05, 0.1) is 12.6 Å². The van der Waals surface area contributed by atoms with Crippen molar-refractivity contribution >= 4 is 23.3 Å². The van der Waals surface area contributed by atoms with E-state index in [4.69, 9.17) is 0 Å². The number of alkyl halides is 3. The van der Waals surface area contributed by atoms with E-state index in [9.17, 15) is 22.8 Å². The normalized spacial score (nSPS) is 15.4. The van der Waals surface area contributed by atoms with Gasteiger partial charge in [-0.1, -0.05) is 35.9 Å². The van der Waals surface area contributed by atoms with Crippen molar-refractivity contribution in [1.29, 1.82) is 0 Å². The number of anilines is 2. The lowest BCUT2D eigenvalue weighted by Crippen LogP contribution is -2.23. The van der Waals surface area contributed by atoms with Gasteiger partial charge >= 0.3 is 6.36 Å². The van der Waals surface area contributed by atoms with E-state index in [0.29, 0.717) is 5.82 Å². The number of hydrogen-bond donors (Lipinski definition) is 2. The summed E-state index contributed by atoms with van der Waals surface area (Å²) in [5.41, 5.74) is 2.81. The molecule has 0 radical (unpaired) electrons. The van der Waals surface area contributed by atoms with Crippen LogP contribution in [0.1, 0.15) is 18.0 Å². The number of hydrogen-bond acceptors (Lipinski definition) is 4. The Hall–Kier alpha value is -3.82. The van der Waals surface area contributed by atoms with Crippen molar-refractivity contribution in [2.45, 2.75) is 25.7 Å². The zero-order valence-corrected chi connectivity index (χ0v) is 16.2. The summed E-state index contributed by atoms with van der Waals surface area (Å²) < 4.78 is 42.4. The highest BCUT2D eigenvalue weighted by Gasteiger charge is 2.35. The first-order chi connectivity index (χ1) is 14.7. The number of nitrogens with one attached hydrogen (secondary N) is 2. The maximum atomic E-state index is 12.4. The summed E-state index contributed by atoms with van der Waals surface area (Å²) in [6.07, 6.45) is -3.46. The van der Waals surface area contributed by atoms with Crippen molar-refractivity contribution in [1.82, 2.24) is 9.78 Å². The van der Waals surface area contributed by atoms with Gasteiger partial charge in [-0.25, -0.2) is 4.68 Å². The average Bonchev–Trinajstić information content (AvgIpc) is 3.21. The number of rotatable bonds is 5. The second-order valence-corrected chi connectivity index (χ2v) is 7.05. The molecule has 7 nitrogen and oxygen atoms in total. The Morgan fingerprint density at radius 1 is 1.23 bits per heavy atom. The Labute approximate surface area is 174 Å². The van der Waals surface area contributed by atoms with Gasteiger partial charge in [-0.2, -0.15) is 5.10 Å². The third kappa shape index (κ3) is 4.52. The fourth-order valence-corrected chi connectivity index (χ4v) is 3.32. The number of aromatic nitrogens is 2. The molecular formula is C21H17F3N4O3. The second-order valence-electron chi connectivity index (χ2n) is 7.05. The van der Waals surface area contributed by atoms with Gasteiger partial charge < -0.3 is 15.4 Å². The number of amides is 2. The molecular weight excluding hydrogens is 413 g/mol. The highest BCUT2D eigenvalue weighted by molar-refractivity contribution is 6.04. The minimum atomic E-state index is -4.84. The Kier molecular flexibility index (Phi) is 5.14. The van der Waals surface area contributed by atoms with Crippen LogP contribution in [0.2, 0.25) is 0 Å². The summed E-state index contributed by atoms with van der Waals surface area (Å²) in [6.45, 7) is 1.97. The van der Waals surface area contributed by atoms with Crippen LogP contribution in [0.15, 0.2) is 54.7 Å². The summed E-state index contributed by atoms with van der Waals surface area (Å²) in [4.78, 5) is 24.9. The molecule has 0 bridgehead atoms. The van der Waals surface area contributed by atoms with Crippen molar-refractivity contribution in [2.75, 3.05) is 10.6 Å². The van der Waals surface area contributed by atoms with Gasteiger partial charge in [0.2, 0.25) is 5.91 Å². The Morgan fingerprint density at radius 3 is 2.68 bits per heavy atom. The fourth-order valence-electron chi connectivity index (χ4n) is 3.32. The maximum Gasteiger partial charge on any atom is 0.573 e. The highest BCUT2D eigenvalue weighted by atomic mass is 19.4. The number of halogens is 3. The predicted octanol–water partition coefficient (Wildman–Crippen LogP) is 4.28. The number of nitrogens with zero attached hydrogens (tertiary/aromatic N) is 2. The minimum Gasteiger partial charge on any atom is -0.406 e. The van der Waals surface area contributed by atoms with Crippen molar-refractivity contribution < 1.29 is 27.5 Å². The first-order valence-electron chi connectivity index (χ1n) is 9.31. The van der Waals surface area contributed by atoms with E-state index in [1.54, 1.807) is 6.20 Å². The number of carbonyl (C=O) groups is 2. The second kappa shape index (κ2) is 7.78. The molecule has 1 unspecified atom stereocenters. The largest absolute Gasteiger partial charge is 0.573 e. The summed E-state index contributed by atoms with van der Waals surface area (Å²) in [5.74, 6) is -0.904. The van der Waals surface area contributed by atoms with Gasteiger partial charge in [0.15, 0.2) is 0 Å². The molecule has 2 heterocycles. The molecule has 0 aliphatic carbocycles. The molecule has 31 heavy (non-hydrogen) atoms. The van der Waals surface area contributed by atoms with Gasteiger partial charge in [0.1, 0.15) is 17.6 Å². The molecule has 2 amide bonds. The van der Waals surface area contributed by atoms with Crippen LogP contribution in [-0.4, -0.2) is 28.0 Å². The summed E-state index contributed by atoms with van der Waals surface area (Å²) in [7, 11) is 0. The molecule has 160 valence electrons. The number of aryl methyl sites for hydroxylation is 1. The molecule has 0 saturated carbocycles. The van der Waals surface area contributed by atoms with E-state index in [1.165, 1.54) is 16.8 Å². The maximum absolute atomic E-state index is 12.4. The number of ether oxygens (including phenoxy) is 1. The van der Waals surface area contributed by atoms with E-state index >= 15 is 0 Å². The third-order valence-corrected chi connectivity index (χ3v) is 4.73. The zero-order chi connectivity index (χ0) is 22.2. The Balaban J connectivity index is 1.47. The minimum absolute atomic E-state index is 0.117. The highest BCUT2D eigenvalue weighted by Crippen LogP contribution is 2.36. The van der Waals surface area contributed by atoms with E-state index < -0.39 is 24.1 Å². The average molecular weight is 430 g/mol. The summed E-state index contributed by atoms with van der Waals surface area (Å²) in [5, 5.41) is 9.48. The van der Waals surface area contributed by atoms with Crippen LogP contribution in [0.3, 0.4) is 0 Å². The van der Waals surface area contributed by atoms with Crippen LogP contribution in [0.4, 0.5) is 24.7 Å². The molecule has 1 aliphatic heterocycles. The lowest BCUT2D eigenvalue weighted by Gasteiger charge is -2.12. The molecule has 3 aromatic rings. The lowest BCUT2D eigenvalue weighted by molar-refractivity contribution is -0.274. The van der Waals surface area contributed by atoms with Crippen molar-refractivity contribution in [2.24, 2.45) is 0 Å². The van der Waals surface area contributed by atoms with E-state index in [2.05, 4.69) is 20.5 Å². The molecule has 2 aromatic carbocycles. The molecule has 0 saturated heterocycles. The van der Waals surface area contributed by atoms with Gasteiger partial charge in [0, 0.05) is 17.3 Å². The van der Waals surface area contributed by atoms with E-state index in [-0.39, 0.29) is 18.0 Å². The van der Waals surface area contributed by atoms with Gasteiger partial charge in [0.25, 0.3) is 5.91 Å². The van der Waals surface area contributed by atoms with Crippen LogP contribution in [0.5, 0.6) is 5.75 Å². The smallest absolute Gasteiger partial charge is 0.406 e. The quantitative estimate of drug-likeness (QED) is 0.633. The third-order valence-electron chi connectivity index (χ3n) is 4.73. The monoisotopic (exact) mass is 430 g/mol. The number of benzene rings is 2. The van der Waals surface area contributed by atoms with Gasteiger partial charge in [-0.3, -0.25) is 9.59 Å². The van der Waals surface area contributed by atoms with E-state index in [0.717, 1.165) is 28.8 Å². The summed E-state index contributed by atoms with van der Waals surface area (Å²) >= 11 is 0. The first kappa shape index (κ1) is 20.5. The first-order valence-corrected chi connectivity index (χ1v) is 9.31. The Bertz CT molecular complexity index is 1140. The molecule has 2 N–H and O–H groups in total. The number of fused-ring (bicyclic) bond motifs is 1. The van der Waals surface area contributed by atoms with Crippen LogP contribution in [0.25, 0.3) is 11.1 Å². The molecule has 1 atom stereocenters. The van der Waals surface area contributed by atoms with Crippen molar-refractivity contribution in [3.05, 3.63) is 60.3 Å². The SMILES string of the molecule is Cc1ccc(-c2cnn3c2NC(=O)C3CC(=O)Nc2cccc(OC(F)(F)F)c2)cc1. The van der Waals surface area contributed by atoms with Crippen molar-refractivity contribution in [3.63, 3.8) is 0 Å². The standard InChI is InChI=1S/C21H17F3N4O3/c1-12-5-7-13(8-6-12)16-11-25-28-17(20(30)27-19(16)28)10-18(29)26-14-3-2-4-15(9-14)31-21(22,23)24/h2-9,11,17H,10H2,1H3,(H,26,29)(H,27,30). The molecule has 0 spiro atoms. The summed E-state index contributed by atoms with van der Waals surface area (Å²) in [6, 6.07) is 11.7. The van der Waals surface area contributed by atoms with Crippen LogP contribution in [0, 0.1) is 6.92 Å². The zero-order valence-electron chi connectivity index (χ0n) is 16.2. The van der Waals surface area contributed by atoms with Crippen LogP contribution >= 0.6 is 0 Å². The molecule has 0 fully saturated rings. The molecule has 4 rings (SSSR count).